The van der Waals surface area contributed by atoms with Gasteiger partial charge in [-0.1, -0.05) is 79.6 Å². The minimum absolute atomic E-state index is 0.0164. The van der Waals surface area contributed by atoms with Gasteiger partial charge in [0.05, 0.1) is 12.1 Å². The predicted molar refractivity (Wildman–Crippen MR) is 144 cm³/mol. The quantitative estimate of drug-likeness (QED) is 0.415. The van der Waals surface area contributed by atoms with E-state index in [-0.39, 0.29) is 35.7 Å². The molecule has 3 aromatic rings. The summed E-state index contributed by atoms with van der Waals surface area (Å²) >= 11 is 0. The second kappa shape index (κ2) is 11.1. The zero-order valence-corrected chi connectivity index (χ0v) is 21.1. The number of carbonyl (C=O) groups excluding carboxylic acids is 2. The third-order valence-corrected chi connectivity index (χ3v) is 8.04. The molecule has 36 heavy (non-hydrogen) atoms. The van der Waals surface area contributed by atoms with Crippen molar-refractivity contribution in [3.63, 3.8) is 0 Å². The van der Waals surface area contributed by atoms with Crippen molar-refractivity contribution < 1.29 is 9.59 Å². The van der Waals surface area contributed by atoms with E-state index in [1.165, 1.54) is 11.1 Å². The molecule has 2 amide bonds. The number of nitrogens with one attached hydrogen (secondary N) is 2. The van der Waals surface area contributed by atoms with E-state index in [1.54, 1.807) is 0 Å². The largest absolute Gasteiger partial charge is 0.349 e. The molecule has 0 bridgehead atoms. The van der Waals surface area contributed by atoms with Crippen molar-refractivity contribution in [2.75, 3.05) is 0 Å². The van der Waals surface area contributed by atoms with Gasteiger partial charge in [-0.25, -0.2) is 0 Å². The molecule has 0 heterocycles. The molecule has 1 unspecified atom stereocenters. The normalized spacial score (nSPS) is 22.2. The van der Waals surface area contributed by atoms with Crippen LogP contribution in [0.25, 0.3) is 0 Å². The Bertz CT molecular complexity index is 1190. The summed E-state index contributed by atoms with van der Waals surface area (Å²) in [6.07, 6.45) is 7.26. The predicted octanol–water partition coefficient (Wildman–Crippen LogP) is 6.65. The second-order valence-corrected chi connectivity index (χ2v) is 10.4. The Labute approximate surface area is 214 Å². The summed E-state index contributed by atoms with van der Waals surface area (Å²) in [5.74, 6) is 0.249. The van der Waals surface area contributed by atoms with Crippen molar-refractivity contribution in [2.24, 2.45) is 5.92 Å². The van der Waals surface area contributed by atoms with Gasteiger partial charge in [0.2, 0.25) is 5.91 Å². The van der Waals surface area contributed by atoms with E-state index in [2.05, 4.69) is 59.2 Å². The molecule has 4 nitrogen and oxygen atoms in total. The van der Waals surface area contributed by atoms with Gasteiger partial charge in [-0.15, -0.1) is 0 Å². The highest BCUT2D eigenvalue weighted by molar-refractivity contribution is 5.94. The van der Waals surface area contributed by atoms with Gasteiger partial charge in [0.1, 0.15) is 0 Å². The number of aryl methyl sites for hydroxylation is 1. The average Bonchev–Trinajstić information content (AvgIpc) is 2.94. The molecule has 3 aromatic carbocycles. The summed E-state index contributed by atoms with van der Waals surface area (Å²) in [6.45, 7) is 2.04. The summed E-state index contributed by atoms with van der Waals surface area (Å²) in [5.41, 5.74) is 5.54. The van der Waals surface area contributed by atoms with E-state index >= 15 is 0 Å². The molecule has 1 saturated carbocycles. The van der Waals surface area contributed by atoms with Crippen molar-refractivity contribution in [3.05, 3.63) is 107 Å². The standard InChI is InChI=1S/C32H36N2O2/c1-22(23-10-3-2-4-11-23)33-32(36)29-16-8-7-14-27(29)25-18-20-26(21-19-25)31(35)34-30-17-9-13-24-12-5-6-15-28(24)30/h2-6,10-12,15,18-22,27,29-30H,7-9,13-14,16-17H2,1H3,(H,33,36)(H,34,35)/t22-,27+,29-,30?/m0/s1. The minimum atomic E-state index is -0.0386. The number of fused-ring (bicyclic) bond motifs is 1. The number of amides is 2. The second-order valence-electron chi connectivity index (χ2n) is 10.4. The topological polar surface area (TPSA) is 58.2 Å². The van der Waals surface area contributed by atoms with Crippen LogP contribution >= 0.6 is 0 Å². The maximum absolute atomic E-state index is 13.3. The van der Waals surface area contributed by atoms with E-state index in [4.69, 9.17) is 0 Å². The Morgan fingerprint density at radius 1 is 0.806 bits per heavy atom. The van der Waals surface area contributed by atoms with Crippen molar-refractivity contribution in [2.45, 2.75) is 69.9 Å². The lowest BCUT2D eigenvalue weighted by Crippen LogP contribution is -2.37. The van der Waals surface area contributed by atoms with Gasteiger partial charge in [-0.2, -0.15) is 0 Å². The first-order valence-electron chi connectivity index (χ1n) is 13.4. The van der Waals surface area contributed by atoms with Crippen molar-refractivity contribution in [1.82, 2.24) is 10.6 Å². The van der Waals surface area contributed by atoms with E-state index in [0.29, 0.717) is 5.56 Å². The molecule has 0 radical (unpaired) electrons. The first-order valence-corrected chi connectivity index (χ1v) is 13.4. The first kappa shape index (κ1) is 24.3. The molecule has 4 heteroatoms. The lowest BCUT2D eigenvalue weighted by Gasteiger charge is -2.32. The average molecular weight is 481 g/mol. The van der Waals surface area contributed by atoms with Gasteiger partial charge in [0, 0.05) is 11.5 Å². The van der Waals surface area contributed by atoms with E-state index in [0.717, 1.165) is 56.1 Å². The van der Waals surface area contributed by atoms with Crippen LogP contribution in [0, 0.1) is 5.92 Å². The van der Waals surface area contributed by atoms with Crippen LogP contribution in [-0.4, -0.2) is 11.8 Å². The summed E-state index contributed by atoms with van der Waals surface area (Å²) < 4.78 is 0. The Kier molecular flexibility index (Phi) is 7.50. The fraction of sp³-hybridized carbons (Fsp3) is 0.375. The van der Waals surface area contributed by atoms with Crippen LogP contribution in [-0.2, 0) is 11.2 Å². The molecule has 5 rings (SSSR count). The van der Waals surface area contributed by atoms with Gasteiger partial charge in [0.15, 0.2) is 0 Å². The Morgan fingerprint density at radius 2 is 1.53 bits per heavy atom. The van der Waals surface area contributed by atoms with Gasteiger partial charge in [-0.3, -0.25) is 9.59 Å². The maximum Gasteiger partial charge on any atom is 0.251 e. The maximum atomic E-state index is 13.3. The van der Waals surface area contributed by atoms with Crippen molar-refractivity contribution in [3.8, 4) is 0 Å². The van der Waals surface area contributed by atoms with Crippen LogP contribution in [0.1, 0.15) is 96.1 Å². The van der Waals surface area contributed by atoms with Crippen LogP contribution in [0.3, 0.4) is 0 Å². The number of hydrogen-bond acceptors (Lipinski definition) is 2. The SMILES string of the molecule is C[C@H](NC(=O)[C@H]1CCCC[C@@H]1c1ccc(C(=O)NC2CCCc3ccccc32)cc1)c1ccccc1. The summed E-state index contributed by atoms with van der Waals surface area (Å²) in [7, 11) is 0. The lowest BCUT2D eigenvalue weighted by atomic mass is 9.74. The minimum Gasteiger partial charge on any atom is -0.349 e. The highest BCUT2D eigenvalue weighted by atomic mass is 16.2. The fourth-order valence-corrected chi connectivity index (χ4v) is 6.02. The van der Waals surface area contributed by atoms with E-state index in [1.807, 2.05) is 37.3 Å². The van der Waals surface area contributed by atoms with Gasteiger partial charge < -0.3 is 10.6 Å². The number of carbonyl (C=O) groups is 2. The van der Waals surface area contributed by atoms with Crippen molar-refractivity contribution >= 4 is 11.8 Å². The number of rotatable bonds is 6. The molecule has 0 saturated heterocycles. The van der Waals surface area contributed by atoms with Crippen LogP contribution in [0.4, 0.5) is 0 Å². The van der Waals surface area contributed by atoms with Crippen LogP contribution < -0.4 is 10.6 Å². The fourth-order valence-electron chi connectivity index (χ4n) is 6.02. The summed E-state index contributed by atoms with van der Waals surface area (Å²) in [6, 6.07) is 26.6. The summed E-state index contributed by atoms with van der Waals surface area (Å²) in [5, 5.41) is 6.50. The molecule has 2 N–H and O–H groups in total. The van der Waals surface area contributed by atoms with Gasteiger partial charge >= 0.3 is 0 Å². The molecule has 2 aliphatic carbocycles. The van der Waals surface area contributed by atoms with E-state index < -0.39 is 0 Å². The molecule has 0 aliphatic heterocycles. The monoisotopic (exact) mass is 480 g/mol. The third-order valence-electron chi connectivity index (χ3n) is 8.04. The number of hydrogen-bond donors (Lipinski definition) is 2. The molecule has 0 spiro atoms. The van der Waals surface area contributed by atoms with Crippen molar-refractivity contribution in [1.29, 1.82) is 0 Å². The van der Waals surface area contributed by atoms with Crippen LogP contribution in [0.15, 0.2) is 78.9 Å². The molecule has 2 aliphatic rings. The highest BCUT2D eigenvalue weighted by Crippen LogP contribution is 2.38. The molecular weight excluding hydrogens is 444 g/mol. The molecule has 4 atom stereocenters. The Balaban J connectivity index is 1.25. The van der Waals surface area contributed by atoms with Crippen LogP contribution in [0.2, 0.25) is 0 Å². The zero-order valence-electron chi connectivity index (χ0n) is 21.1. The van der Waals surface area contributed by atoms with Gasteiger partial charge in [0.25, 0.3) is 5.91 Å². The molecule has 186 valence electrons. The smallest absolute Gasteiger partial charge is 0.251 e. The van der Waals surface area contributed by atoms with Gasteiger partial charge in [-0.05, 0) is 79.3 Å². The molecule has 0 aromatic heterocycles. The molecule has 1 fully saturated rings. The highest BCUT2D eigenvalue weighted by Gasteiger charge is 2.33. The molecular formula is C32H36N2O2. The van der Waals surface area contributed by atoms with Crippen LogP contribution in [0.5, 0.6) is 0 Å². The summed E-state index contributed by atoms with van der Waals surface area (Å²) in [4.78, 5) is 26.4. The Hall–Kier alpha value is -3.40. The lowest BCUT2D eigenvalue weighted by molar-refractivity contribution is -0.127. The first-order chi connectivity index (χ1) is 17.6. The zero-order chi connectivity index (χ0) is 24.9. The third kappa shape index (κ3) is 5.38. The van der Waals surface area contributed by atoms with E-state index in [9.17, 15) is 9.59 Å². The Morgan fingerprint density at radius 3 is 2.33 bits per heavy atom. The number of benzene rings is 3.